The third-order valence-electron chi connectivity index (χ3n) is 5.30. The van der Waals surface area contributed by atoms with E-state index in [0.717, 1.165) is 39.4 Å². The van der Waals surface area contributed by atoms with Crippen LogP contribution in [0.1, 0.15) is 42.9 Å². The predicted molar refractivity (Wildman–Crippen MR) is 118 cm³/mol. The molecule has 3 rings (SSSR count). The van der Waals surface area contributed by atoms with Crippen LogP contribution in [0.5, 0.6) is 0 Å². The molecule has 0 aromatic heterocycles. The molecular weight excluding hydrogens is 439 g/mol. The molecule has 2 N–H and O–H groups in total. The summed E-state index contributed by atoms with van der Waals surface area (Å²) in [6.45, 7) is 8.44. The highest BCUT2D eigenvalue weighted by atomic mass is 127. The van der Waals surface area contributed by atoms with Crippen molar-refractivity contribution < 1.29 is 4.74 Å². The summed E-state index contributed by atoms with van der Waals surface area (Å²) in [5.74, 6) is 0.715. The van der Waals surface area contributed by atoms with Gasteiger partial charge in [0.1, 0.15) is 0 Å². The Morgan fingerprint density at radius 2 is 1.65 bits per heavy atom. The van der Waals surface area contributed by atoms with Gasteiger partial charge in [0.2, 0.25) is 0 Å². The average molecular weight is 472 g/mol. The van der Waals surface area contributed by atoms with Crippen LogP contribution in [0.25, 0.3) is 0 Å². The Bertz CT molecular complexity index is 549. The largest absolute Gasteiger partial charge is 0.379 e. The molecule has 2 aliphatic rings. The van der Waals surface area contributed by atoms with E-state index < -0.39 is 0 Å². The molecule has 2 fully saturated rings. The highest BCUT2D eigenvalue weighted by molar-refractivity contribution is 14.0. The van der Waals surface area contributed by atoms with E-state index in [1.807, 2.05) is 0 Å². The van der Waals surface area contributed by atoms with Crippen molar-refractivity contribution in [3.05, 3.63) is 35.4 Å². The molecule has 5 nitrogen and oxygen atoms in total. The number of nitrogens with zero attached hydrogens (tertiary/aromatic N) is 3. The van der Waals surface area contributed by atoms with Crippen LogP contribution in [0.15, 0.2) is 29.3 Å². The van der Waals surface area contributed by atoms with Gasteiger partial charge in [-0.25, -0.2) is 0 Å². The van der Waals surface area contributed by atoms with Gasteiger partial charge in [-0.1, -0.05) is 42.7 Å². The first-order valence-electron chi connectivity index (χ1n) is 9.67. The second-order valence-electron chi connectivity index (χ2n) is 7.17. The van der Waals surface area contributed by atoms with E-state index in [4.69, 9.17) is 15.5 Å². The lowest BCUT2D eigenvalue weighted by atomic mass is 10.0. The number of ether oxygens (including phenoxy) is 1. The Balaban J connectivity index is 0.00000243. The summed E-state index contributed by atoms with van der Waals surface area (Å²) in [6.07, 6.45) is 5.06. The van der Waals surface area contributed by atoms with Crippen molar-refractivity contribution in [1.29, 1.82) is 0 Å². The Morgan fingerprint density at radius 1 is 1.04 bits per heavy atom. The first kappa shape index (κ1) is 21.4. The number of morpholine rings is 1. The second-order valence-corrected chi connectivity index (χ2v) is 7.17. The molecule has 0 spiro atoms. The molecule has 6 heteroatoms. The number of hydrogen-bond donors (Lipinski definition) is 1. The van der Waals surface area contributed by atoms with Crippen molar-refractivity contribution in [2.75, 3.05) is 45.9 Å². The zero-order chi connectivity index (χ0) is 17.5. The van der Waals surface area contributed by atoms with Gasteiger partial charge in [-0.3, -0.25) is 9.89 Å². The van der Waals surface area contributed by atoms with E-state index in [1.165, 1.54) is 36.8 Å². The number of guanidine groups is 1. The molecule has 146 valence electrons. The molecule has 1 aromatic carbocycles. The quantitative estimate of drug-likeness (QED) is 0.416. The van der Waals surface area contributed by atoms with Gasteiger partial charge < -0.3 is 15.4 Å². The molecule has 2 heterocycles. The van der Waals surface area contributed by atoms with Gasteiger partial charge in [-0.15, -0.1) is 24.0 Å². The Hall–Kier alpha value is -0.860. The normalized spacial score (nSPS) is 21.0. The maximum Gasteiger partial charge on any atom is 0.191 e. The Morgan fingerprint density at radius 3 is 2.27 bits per heavy atom. The third-order valence-corrected chi connectivity index (χ3v) is 5.30. The highest BCUT2D eigenvalue weighted by Gasteiger charge is 2.23. The number of likely N-dealkylation sites (tertiary alicyclic amines) is 1. The van der Waals surface area contributed by atoms with Crippen molar-refractivity contribution in [3.63, 3.8) is 0 Å². The van der Waals surface area contributed by atoms with Gasteiger partial charge >= 0.3 is 0 Å². The van der Waals surface area contributed by atoms with Crippen LogP contribution >= 0.6 is 24.0 Å². The Kier molecular flexibility index (Phi) is 9.15. The van der Waals surface area contributed by atoms with Crippen molar-refractivity contribution >= 4 is 29.9 Å². The molecule has 0 saturated carbocycles. The monoisotopic (exact) mass is 472 g/mol. The number of aryl methyl sites for hydroxylation is 1. The molecule has 2 aliphatic heterocycles. The van der Waals surface area contributed by atoms with Crippen LogP contribution in [0.3, 0.4) is 0 Å². The van der Waals surface area contributed by atoms with Gasteiger partial charge in [0.15, 0.2) is 5.96 Å². The van der Waals surface area contributed by atoms with Gasteiger partial charge in [0.25, 0.3) is 0 Å². The van der Waals surface area contributed by atoms with Crippen molar-refractivity contribution in [3.8, 4) is 0 Å². The molecule has 1 unspecified atom stereocenters. The standard InChI is InChI=1S/C20H32N4O.HI/c1-17-6-8-18(9-7-17)19(23-12-14-25-15-13-23)16-22-20(21)24-10-4-2-3-5-11-24;/h6-9,19H,2-5,10-16H2,1H3,(H2,21,22);1H. The van der Waals surface area contributed by atoms with Crippen molar-refractivity contribution in [2.45, 2.75) is 38.6 Å². The molecule has 0 aliphatic carbocycles. The Labute approximate surface area is 175 Å². The minimum absolute atomic E-state index is 0. The number of aliphatic imine (C=N–C) groups is 1. The van der Waals surface area contributed by atoms with Crippen LogP contribution in [0, 0.1) is 6.92 Å². The van der Waals surface area contributed by atoms with E-state index in [-0.39, 0.29) is 30.0 Å². The van der Waals surface area contributed by atoms with E-state index in [2.05, 4.69) is 41.0 Å². The number of benzene rings is 1. The summed E-state index contributed by atoms with van der Waals surface area (Å²) in [5, 5.41) is 0. The lowest BCUT2D eigenvalue weighted by molar-refractivity contribution is 0.0179. The summed E-state index contributed by atoms with van der Waals surface area (Å²) < 4.78 is 5.53. The molecule has 26 heavy (non-hydrogen) atoms. The second kappa shape index (κ2) is 11.1. The summed E-state index contributed by atoms with van der Waals surface area (Å²) in [7, 11) is 0. The lowest BCUT2D eigenvalue weighted by Gasteiger charge is -2.34. The summed E-state index contributed by atoms with van der Waals surface area (Å²) in [5.41, 5.74) is 8.94. The number of hydrogen-bond acceptors (Lipinski definition) is 3. The fourth-order valence-electron chi connectivity index (χ4n) is 3.69. The van der Waals surface area contributed by atoms with Crippen LogP contribution < -0.4 is 5.73 Å². The number of rotatable bonds is 4. The van der Waals surface area contributed by atoms with E-state index in [9.17, 15) is 0 Å². The maximum absolute atomic E-state index is 6.33. The summed E-state index contributed by atoms with van der Waals surface area (Å²) >= 11 is 0. The maximum atomic E-state index is 6.33. The lowest BCUT2D eigenvalue weighted by Crippen LogP contribution is -2.42. The van der Waals surface area contributed by atoms with Gasteiger partial charge in [-0.2, -0.15) is 0 Å². The highest BCUT2D eigenvalue weighted by Crippen LogP contribution is 2.23. The molecule has 1 atom stereocenters. The fraction of sp³-hybridized carbons (Fsp3) is 0.650. The van der Waals surface area contributed by atoms with E-state index in [0.29, 0.717) is 12.5 Å². The molecule has 1 aromatic rings. The zero-order valence-corrected chi connectivity index (χ0v) is 18.2. The first-order chi connectivity index (χ1) is 12.2. The fourth-order valence-corrected chi connectivity index (χ4v) is 3.69. The summed E-state index contributed by atoms with van der Waals surface area (Å²) in [6, 6.07) is 9.10. The van der Waals surface area contributed by atoms with E-state index >= 15 is 0 Å². The number of nitrogens with two attached hydrogens (primary N) is 1. The first-order valence-corrected chi connectivity index (χ1v) is 9.67. The van der Waals surface area contributed by atoms with Crippen LogP contribution in [-0.2, 0) is 4.74 Å². The summed E-state index contributed by atoms with van der Waals surface area (Å²) in [4.78, 5) is 9.54. The van der Waals surface area contributed by atoms with Crippen LogP contribution in [-0.4, -0.2) is 61.7 Å². The van der Waals surface area contributed by atoms with E-state index in [1.54, 1.807) is 0 Å². The van der Waals surface area contributed by atoms with Crippen molar-refractivity contribution in [1.82, 2.24) is 9.80 Å². The molecular formula is C20H33IN4O. The molecule has 2 saturated heterocycles. The molecule has 0 amide bonds. The number of halogens is 1. The average Bonchev–Trinajstić information content (AvgIpc) is 2.93. The van der Waals surface area contributed by atoms with Crippen LogP contribution in [0.2, 0.25) is 0 Å². The zero-order valence-electron chi connectivity index (χ0n) is 15.9. The van der Waals surface area contributed by atoms with Gasteiger partial charge in [-0.05, 0) is 25.3 Å². The topological polar surface area (TPSA) is 54.1 Å². The van der Waals surface area contributed by atoms with Crippen LogP contribution in [0.4, 0.5) is 0 Å². The SMILES string of the molecule is Cc1ccc(C(CN=C(N)N2CCCCCC2)N2CCOCC2)cc1.I. The smallest absolute Gasteiger partial charge is 0.191 e. The third kappa shape index (κ3) is 6.09. The minimum Gasteiger partial charge on any atom is -0.379 e. The molecule has 0 bridgehead atoms. The van der Waals surface area contributed by atoms with Gasteiger partial charge in [0, 0.05) is 26.2 Å². The van der Waals surface area contributed by atoms with Crippen molar-refractivity contribution in [2.24, 2.45) is 10.7 Å². The predicted octanol–water partition coefficient (Wildman–Crippen LogP) is 3.18. The van der Waals surface area contributed by atoms with Gasteiger partial charge in [0.05, 0.1) is 25.8 Å². The molecule has 0 radical (unpaired) electrons. The minimum atomic E-state index is 0.